The third-order valence-corrected chi connectivity index (χ3v) is 7.04. The Balaban J connectivity index is 1.74. The molecule has 0 aliphatic carbocycles. The van der Waals surface area contributed by atoms with Gasteiger partial charge in [0.2, 0.25) is 11.8 Å². The Morgan fingerprint density at radius 2 is 1.69 bits per heavy atom. The molecule has 2 aliphatic heterocycles. The maximum absolute atomic E-state index is 13.6. The van der Waals surface area contributed by atoms with Crippen LogP contribution in [0, 0.1) is 17.8 Å². The number of aliphatic carboxylic acids is 1. The van der Waals surface area contributed by atoms with Crippen LogP contribution in [0.1, 0.15) is 36.7 Å². The van der Waals surface area contributed by atoms with Crippen molar-refractivity contribution >= 4 is 35.3 Å². The predicted molar refractivity (Wildman–Crippen MR) is 130 cm³/mol. The van der Waals surface area contributed by atoms with Crippen LogP contribution in [-0.4, -0.2) is 47.4 Å². The zero-order valence-electron chi connectivity index (χ0n) is 20.0. The molecular formula is C27H28N2O6. The van der Waals surface area contributed by atoms with E-state index in [0.717, 1.165) is 10.5 Å². The Hall–Kier alpha value is -3.78. The number of hydrogen-bond acceptors (Lipinski definition) is 6. The maximum atomic E-state index is 13.6. The lowest BCUT2D eigenvalue weighted by atomic mass is 9.73. The zero-order valence-corrected chi connectivity index (χ0v) is 20.0. The van der Waals surface area contributed by atoms with Crippen LogP contribution in [0.4, 0.5) is 5.69 Å². The van der Waals surface area contributed by atoms with Crippen molar-refractivity contribution < 1.29 is 29.0 Å². The van der Waals surface area contributed by atoms with Gasteiger partial charge in [-0.05, 0) is 54.8 Å². The highest BCUT2D eigenvalue weighted by molar-refractivity contribution is 6.24. The Labute approximate surface area is 203 Å². The summed E-state index contributed by atoms with van der Waals surface area (Å²) in [6.07, 6.45) is 3.55. The topological polar surface area (TPSA) is 113 Å². The number of carbonyl (C=O) groups excluding carboxylic acids is 3. The number of ketones is 1. The Morgan fingerprint density at radius 1 is 1.06 bits per heavy atom. The summed E-state index contributed by atoms with van der Waals surface area (Å²) in [4.78, 5) is 52.5. The number of carboxylic acids is 1. The lowest BCUT2D eigenvalue weighted by molar-refractivity contribution is -0.151. The second kappa shape index (κ2) is 9.11. The van der Waals surface area contributed by atoms with Gasteiger partial charge in [-0.1, -0.05) is 38.1 Å². The van der Waals surface area contributed by atoms with Crippen molar-refractivity contribution in [3.63, 3.8) is 0 Å². The lowest BCUT2D eigenvalue weighted by Crippen LogP contribution is -2.60. The molecule has 2 saturated heterocycles. The highest BCUT2D eigenvalue weighted by Gasteiger charge is 2.69. The number of anilines is 1. The SMILES string of the molecule is COc1ccc(C=CC2NC(C(=O)O)(C(C)C)C3C(=O)N(c4ccc(C(C)=O)cc4)C(=O)C23)cc1. The number of carboxylic acid groups (broad SMARTS) is 1. The van der Waals surface area contributed by atoms with Crippen LogP contribution < -0.4 is 15.0 Å². The minimum Gasteiger partial charge on any atom is -0.497 e. The van der Waals surface area contributed by atoms with Crippen molar-refractivity contribution in [3.05, 3.63) is 65.7 Å². The van der Waals surface area contributed by atoms with Gasteiger partial charge in [0.15, 0.2) is 5.78 Å². The van der Waals surface area contributed by atoms with Gasteiger partial charge in [0, 0.05) is 11.6 Å². The first-order chi connectivity index (χ1) is 16.6. The maximum Gasteiger partial charge on any atom is 0.325 e. The van der Waals surface area contributed by atoms with E-state index in [0.29, 0.717) is 17.0 Å². The number of nitrogens with zero attached hydrogens (tertiary/aromatic N) is 1. The smallest absolute Gasteiger partial charge is 0.325 e. The van der Waals surface area contributed by atoms with Crippen LogP contribution in [-0.2, 0) is 14.4 Å². The van der Waals surface area contributed by atoms with E-state index in [1.165, 1.54) is 6.92 Å². The molecule has 4 rings (SSSR count). The van der Waals surface area contributed by atoms with Gasteiger partial charge in [-0.3, -0.25) is 24.5 Å². The second-order valence-electron chi connectivity index (χ2n) is 9.25. The number of benzene rings is 2. The number of imide groups is 1. The fraction of sp³-hybridized carbons (Fsp3) is 0.333. The number of Topliss-reactive ketones (excluding diaryl/α,β-unsaturated/α-hetero) is 1. The van der Waals surface area contributed by atoms with Gasteiger partial charge in [0.1, 0.15) is 11.3 Å². The first kappa shape index (κ1) is 24.3. The average molecular weight is 477 g/mol. The van der Waals surface area contributed by atoms with Crippen LogP contribution in [0.3, 0.4) is 0 Å². The van der Waals surface area contributed by atoms with Gasteiger partial charge < -0.3 is 9.84 Å². The molecule has 4 atom stereocenters. The van der Waals surface area contributed by atoms with Crippen molar-refractivity contribution in [1.82, 2.24) is 5.32 Å². The highest BCUT2D eigenvalue weighted by atomic mass is 16.5. The van der Waals surface area contributed by atoms with E-state index in [9.17, 15) is 24.3 Å². The van der Waals surface area contributed by atoms with Crippen molar-refractivity contribution in [2.45, 2.75) is 32.4 Å². The lowest BCUT2D eigenvalue weighted by Gasteiger charge is -2.34. The van der Waals surface area contributed by atoms with Gasteiger partial charge in [0.05, 0.1) is 24.6 Å². The van der Waals surface area contributed by atoms with E-state index in [4.69, 9.17) is 4.74 Å². The standard InChI is InChI=1S/C27H28N2O6/c1-15(2)27(26(33)34)23-22(21(28-27)14-7-17-5-12-20(35-4)13-6-17)24(31)29(25(23)32)19-10-8-18(9-11-19)16(3)30/h5-15,21-23,28H,1-4H3,(H,33,34). The predicted octanol–water partition coefficient (Wildman–Crippen LogP) is 3.17. The number of amides is 2. The molecule has 182 valence electrons. The number of carbonyl (C=O) groups is 4. The largest absolute Gasteiger partial charge is 0.497 e. The summed E-state index contributed by atoms with van der Waals surface area (Å²) in [5.74, 6) is -4.05. The van der Waals surface area contributed by atoms with Crippen molar-refractivity contribution in [2.24, 2.45) is 17.8 Å². The van der Waals surface area contributed by atoms with Crippen LogP contribution in [0.15, 0.2) is 54.6 Å². The molecule has 2 fully saturated rings. The number of rotatable bonds is 7. The van der Waals surface area contributed by atoms with Crippen LogP contribution >= 0.6 is 0 Å². The first-order valence-electron chi connectivity index (χ1n) is 11.4. The van der Waals surface area contributed by atoms with Crippen molar-refractivity contribution in [2.75, 3.05) is 12.0 Å². The Morgan fingerprint density at radius 3 is 2.20 bits per heavy atom. The van der Waals surface area contributed by atoms with E-state index in [1.54, 1.807) is 69.5 Å². The van der Waals surface area contributed by atoms with Gasteiger partial charge >= 0.3 is 5.97 Å². The molecule has 0 bridgehead atoms. The molecule has 2 aromatic rings. The van der Waals surface area contributed by atoms with Gasteiger partial charge in [-0.25, -0.2) is 4.90 Å². The number of fused-ring (bicyclic) bond motifs is 1. The molecule has 8 nitrogen and oxygen atoms in total. The first-order valence-corrected chi connectivity index (χ1v) is 11.4. The van der Waals surface area contributed by atoms with E-state index in [2.05, 4.69) is 5.32 Å². The highest BCUT2D eigenvalue weighted by Crippen LogP contribution is 2.48. The summed E-state index contributed by atoms with van der Waals surface area (Å²) in [6, 6.07) is 12.8. The van der Waals surface area contributed by atoms with E-state index in [-0.39, 0.29) is 5.78 Å². The quantitative estimate of drug-likeness (QED) is 0.466. The molecule has 2 N–H and O–H groups in total. The third-order valence-electron chi connectivity index (χ3n) is 7.04. The minimum atomic E-state index is -1.61. The van der Waals surface area contributed by atoms with Gasteiger partial charge in [-0.2, -0.15) is 0 Å². The second-order valence-corrected chi connectivity index (χ2v) is 9.25. The molecule has 2 aliphatic rings. The monoisotopic (exact) mass is 476 g/mol. The molecule has 8 heteroatoms. The average Bonchev–Trinajstić information content (AvgIpc) is 3.32. The zero-order chi connectivity index (χ0) is 25.5. The summed E-state index contributed by atoms with van der Waals surface area (Å²) >= 11 is 0. The fourth-order valence-corrected chi connectivity index (χ4v) is 5.15. The summed E-state index contributed by atoms with van der Waals surface area (Å²) in [5.41, 5.74) is 0.00722. The van der Waals surface area contributed by atoms with Crippen LogP contribution in [0.5, 0.6) is 5.75 Å². The Kier molecular flexibility index (Phi) is 6.34. The third kappa shape index (κ3) is 3.93. The summed E-state index contributed by atoms with van der Waals surface area (Å²) in [6.45, 7) is 4.90. The van der Waals surface area contributed by atoms with Crippen molar-refractivity contribution in [3.8, 4) is 5.75 Å². The van der Waals surface area contributed by atoms with Crippen LogP contribution in [0.25, 0.3) is 6.08 Å². The molecule has 4 unspecified atom stereocenters. The minimum absolute atomic E-state index is 0.134. The van der Waals surface area contributed by atoms with Gasteiger partial charge in [0.25, 0.3) is 0 Å². The van der Waals surface area contributed by atoms with Gasteiger partial charge in [-0.15, -0.1) is 0 Å². The number of nitrogens with one attached hydrogen (secondary N) is 1. The molecule has 0 radical (unpaired) electrons. The molecule has 35 heavy (non-hydrogen) atoms. The molecule has 2 heterocycles. The summed E-state index contributed by atoms with van der Waals surface area (Å²) in [5, 5.41) is 13.4. The number of methoxy groups -OCH3 is 1. The molecule has 2 aromatic carbocycles. The number of ether oxygens (including phenoxy) is 1. The summed E-state index contributed by atoms with van der Waals surface area (Å²) in [7, 11) is 1.58. The summed E-state index contributed by atoms with van der Waals surface area (Å²) < 4.78 is 5.18. The molecule has 0 aromatic heterocycles. The Bertz CT molecular complexity index is 1200. The molecular weight excluding hydrogens is 448 g/mol. The van der Waals surface area contributed by atoms with E-state index >= 15 is 0 Å². The van der Waals surface area contributed by atoms with E-state index < -0.39 is 47.1 Å². The molecule has 0 spiro atoms. The normalized spacial score (nSPS) is 26.0. The van der Waals surface area contributed by atoms with E-state index in [1.807, 2.05) is 12.1 Å². The van der Waals surface area contributed by atoms with Crippen molar-refractivity contribution in [1.29, 1.82) is 0 Å². The fourth-order valence-electron chi connectivity index (χ4n) is 5.15. The molecule has 2 amide bonds. The number of hydrogen-bond donors (Lipinski definition) is 2. The van der Waals surface area contributed by atoms with Crippen LogP contribution in [0.2, 0.25) is 0 Å². The molecule has 0 saturated carbocycles.